The number of rotatable bonds is 7. The molecule has 1 heterocycles. The summed E-state index contributed by atoms with van der Waals surface area (Å²) < 4.78 is 5.49. The van der Waals surface area contributed by atoms with E-state index >= 15 is 0 Å². The molecule has 2 aliphatic rings. The Kier molecular flexibility index (Phi) is 6.31. The SMILES string of the molecule is CC(C)CC(CNC1CC(C(C)C)C1)N1CCOCC1. The van der Waals surface area contributed by atoms with E-state index in [0.717, 1.165) is 56.6 Å². The molecule has 0 spiro atoms. The number of hydrogen-bond donors (Lipinski definition) is 1. The summed E-state index contributed by atoms with van der Waals surface area (Å²) in [4.78, 5) is 2.63. The Morgan fingerprint density at radius 2 is 1.75 bits per heavy atom. The number of ether oxygens (including phenoxy) is 1. The molecule has 0 radical (unpaired) electrons. The van der Waals surface area contributed by atoms with Gasteiger partial charge in [-0.3, -0.25) is 4.90 Å². The van der Waals surface area contributed by atoms with Gasteiger partial charge in [-0.1, -0.05) is 27.7 Å². The molecule has 1 aliphatic heterocycles. The first kappa shape index (κ1) is 16.3. The van der Waals surface area contributed by atoms with Gasteiger partial charge >= 0.3 is 0 Å². The fraction of sp³-hybridized carbons (Fsp3) is 1.00. The summed E-state index contributed by atoms with van der Waals surface area (Å²) in [6.07, 6.45) is 4.07. The zero-order valence-electron chi connectivity index (χ0n) is 13.9. The summed E-state index contributed by atoms with van der Waals surface area (Å²) in [5.74, 6) is 2.59. The molecule has 3 heteroatoms. The summed E-state index contributed by atoms with van der Waals surface area (Å²) in [5.41, 5.74) is 0. The summed E-state index contributed by atoms with van der Waals surface area (Å²) in [7, 11) is 0. The number of hydrogen-bond acceptors (Lipinski definition) is 3. The number of nitrogens with one attached hydrogen (secondary N) is 1. The molecule has 1 saturated carbocycles. The Balaban J connectivity index is 1.73. The highest BCUT2D eigenvalue weighted by molar-refractivity contribution is 4.88. The van der Waals surface area contributed by atoms with Gasteiger partial charge in [-0.2, -0.15) is 0 Å². The molecule has 1 aliphatic carbocycles. The van der Waals surface area contributed by atoms with Gasteiger partial charge in [0.15, 0.2) is 0 Å². The van der Waals surface area contributed by atoms with Crippen molar-refractivity contribution >= 4 is 0 Å². The first-order valence-corrected chi connectivity index (χ1v) is 8.61. The van der Waals surface area contributed by atoms with Crippen molar-refractivity contribution in [3.63, 3.8) is 0 Å². The van der Waals surface area contributed by atoms with E-state index in [1.54, 1.807) is 0 Å². The highest BCUT2D eigenvalue weighted by atomic mass is 16.5. The van der Waals surface area contributed by atoms with Gasteiger partial charge in [0, 0.05) is 31.7 Å². The Morgan fingerprint density at radius 1 is 1.10 bits per heavy atom. The molecule has 1 saturated heterocycles. The molecular weight excluding hydrogens is 248 g/mol. The summed E-state index contributed by atoms with van der Waals surface area (Å²) in [6.45, 7) is 14.6. The van der Waals surface area contributed by atoms with Crippen molar-refractivity contribution < 1.29 is 4.74 Å². The molecule has 0 aromatic heterocycles. The van der Waals surface area contributed by atoms with Gasteiger partial charge in [0.2, 0.25) is 0 Å². The van der Waals surface area contributed by atoms with Gasteiger partial charge in [0.25, 0.3) is 0 Å². The van der Waals surface area contributed by atoms with E-state index < -0.39 is 0 Å². The van der Waals surface area contributed by atoms with E-state index in [1.165, 1.54) is 19.3 Å². The monoisotopic (exact) mass is 282 g/mol. The predicted octanol–water partition coefficient (Wildman–Crippen LogP) is 2.76. The fourth-order valence-corrected chi connectivity index (χ4v) is 3.52. The minimum atomic E-state index is 0.692. The second-order valence-electron chi connectivity index (χ2n) is 7.51. The van der Waals surface area contributed by atoms with Crippen LogP contribution in [0, 0.1) is 17.8 Å². The quantitative estimate of drug-likeness (QED) is 0.777. The van der Waals surface area contributed by atoms with Gasteiger partial charge in [-0.05, 0) is 37.0 Å². The van der Waals surface area contributed by atoms with Crippen LogP contribution in [0.1, 0.15) is 47.0 Å². The minimum Gasteiger partial charge on any atom is -0.379 e. The molecule has 20 heavy (non-hydrogen) atoms. The Bertz CT molecular complexity index is 268. The third kappa shape index (κ3) is 4.71. The van der Waals surface area contributed by atoms with Crippen molar-refractivity contribution in [1.29, 1.82) is 0 Å². The van der Waals surface area contributed by atoms with Crippen LogP contribution in [0.5, 0.6) is 0 Å². The molecule has 3 nitrogen and oxygen atoms in total. The highest BCUT2D eigenvalue weighted by Crippen LogP contribution is 2.33. The minimum absolute atomic E-state index is 0.692. The molecule has 0 bridgehead atoms. The molecule has 2 fully saturated rings. The summed E-state index contributed by atoms with van der Waals surface area (Å²) in [6, 6.07) is 1.47. The smallest absolute Gasteiger partial charge is 0.0594 e. The maximum Gasteiger partial charge on any atom is 0.0594 e. The summed E-state index contributed by atoms with van der Waals surface area (Å²) in [5, 5.41) is 3.82. The van der Waals surface area contributed by atoms with Gasteiger partial charge in [-0.25, -0.2) is 0 Å². The van der Waals surface area contributed by atoms with Crippen LogP contribution in [0.3, 0.4) is 0 Å². The standard InChI is InChI=1S/C17H34N2O/c1-13(2)9-17(19-5-7-20-8-6-19)12-18-16-10-15(11-16)14(3)4/h13-18H,5-12H2,1-4H3. The molecule has 2 rings (SSSR count). The Labute approximate surface area is 125 Å². The van der Waals surface area contributed by atoms with Crippen molar-refractivity contribution in [2.24, 2.45) is 17.8 Å². The third-order valence-electron chi connectivity index (χ3n) is 5.07. The first-order valence-electron chi connectivity index (χ1n) is 8.61. The molecule has 1 atom stereocenters. The van der Waals surface area contributed by atoms with Gasteiger partial charge < -0.3 is 10.1 Å². The zero-order chi connectivity index (χ0) is 14.5. The maximum atomic E-state index is 5.49. The Hall–Kier alpha value is -0.120. The van der Waals surface area contributed by atoms with E-state index in [9.17, 15) is 0 Å². The normalized spacial score (nSPS) is 29.7. The average molecular weight is 282 g/mol. The van der Waals surface area contributed by atoms with Crippen LogP contribution >= 0.6 is 0 Å². The fourth-order valence-electron chi connectivity index (χ4n) is 3.52. The highest BCUT2D eigenvalue weighted by Gasteiger charge is 2.31. The van der Waals surface area contributed by atoms with Crippen LogP contribution < -0.4 is 5.32 Å². The Morgan fingerprint density at radius 3 is 2.30 bits per heavy atom. The van der Waals surface area contributed by atoms with Crippen molar-refractivity contribution in [3.8, 4) is 0 Å². The average Bonchev–Trinajstić information content (AvgIpc) is 2.35. The van der Waals surface area contributed by atoms with E-state index in [1.807, 2.05) is 0 Å². The molecule has 1 unspecified atom stereocenters. The lowest BCUT2D eigenvalue weighted by molar-refractivity contribution is 0.0102. The van der Waals surface area contributed by atoms with Crippen molar-refractivity contribution in [2.75, 3.05) is 32.8 Å². The topological polar surface area (TPSA) is 24.5 Å². The molecule has 1 N–H and O–H groups in total. The summed E-state index contributed by atoms with van der Waals surface area (Å²) >= 11 is 0. The van der Waals surface area contributed by atoms with E-state index in [0.29, 0.717) is 6.04 Å². The molecule has 0 aromatic carbocycles. The van der Waals surface area contributed by atoms with Crippen molar-refractivity contribution in [1.82, 2.24) is 10.2 Å². The second kappa shape index (κ2) is 7.77. The van der Waals surface area contributed by atoms with E-state index in [2.05, 4.69) is 37.9 Å². The predicted molar refractivity (Wildman–Crippen MR) is 85.0 cm³/mol. The van der Waals surface area contributed by atoms with E-state index in [4.69, 9.17) is 4.74 Å². The third-order valence-corrected chi connectivity index (χ3v) is 5.07. The first-order chi connectivity index (χ1) is 9.56. The maximum absolute atomic E-state index is 5.49. The second-order valence-corrected chi connectivity index (χ2v) is 7.51. The van der Waals surface area contributed by atoms with Crippen LogP contribution in [0.4, 0.5) is 0 Å². The molecule has 0 aromatic rings. The van der Waals surface area contributed by atoms with Gasteiger partial charge in [0.05, 0.1) is 13.2 Å². The number of nitrogens with zero attached hydrogens (tertiary/aromatic N) is 1. The van der Waals surface area contributed by atoms with Crippen LogP contribution in [-0.2, 0) is 4.74 Å². The van der Waals surface area contributed by atoms with Crippen LogP contribution in [0.25, 0.3) is 0 Å². The van der Waals surface area contributed by atoms with Crippen LogP contribution in [-0.4, -0.2) is 49.8 Å². The van der Waals surface area contributed by atoms with E-state index in [-0.39, 0.29) is 0 Å². The molecular formula is C17H34N2O. The lowest BCUT2D eigenvalue weighted by atomic mass is 9.73. The zero-order valence-corrected chi connectivity index (χ0v) is 13.9. The van der Waals surface area contributed by atoms with Gasteiger partial charge in [-0.15, -0.1) is 0 Å². The van der Waals surface area contributed by atoms with Crippen molar-refractivity contribution in [3.05, 3.63) is 0 Å². The number of morpholine rings is 1. The van der Waals surface area contributed by atoms with Gasteiger partial charge in [0.1, 0.15) is 0 Å². The van der Waals surface area contributed by atoms with Crippen LogP contribution in [0.15, 0.2) is 0 Å². The molecule has 0 amide bonds. The molecule has 118 valence electrons. The largest absolute Gasteiger partial charge is 0.379 e. The lowest BCUT2D eigenvalue weighted by Gasteiger charge is -2.41. The van der Waals surface area contributed by atoms with Crippen LogP contribution in [0.2, 0.25) is 0 Å². The lowest BCUT2D eigenvalue weighted by Crippen LogP contribution is -2.52. The van der Waals surface area contributed by atoms with Crippen molar-refractivity contribution in [2.45, 2.75) is 59.0 Å².